The van der Waals surface area contributed by atoms with Crippen molar-refractivity contribution in [1.29, 1.82) is 0 Å². The highest BCUT2D eigenvalue weighted by molar-refractivity contribution is 5.72. The van der Waals surface area contributed by atoms with Crippen LogP contribution >= 0.6 is 0 Å². The summed E-state index contributed by atoms with van der Waals surface area (Å²) >= 11 is 0. The van der Waals surface area contributed by atoms with Crippen LogP contribution in [0.1, 0.15) is 39.0 Å². The highest BCUT2D eigenvalue weighted by atomic mass is 16.5. The Morgan fingerprint density at radius 2 is 1.52 bits per heavy atom. The van der Waals surface area contributed by atoms with Crippen molar-refractivity contribution in [2.24, 2.45) is 0 Å². The van der Waals surface area contributed by atoms with E-state index in [1.165, 1.54) is 0 Å². The Labute approximate surface area is 125 Å². The summed E-state index contributed by atoms with van der Waals surface area (Å²) in [5, 5.41) is 0. The van der Waals surface area contributed by atoms with E-state index in [0.29, 0.717) is 37.4 Å². The molecule has 5 heteroatoms. The largest absolute Gasteiger partial charge is 0.497 e. The van der Waals surface area contributed by atoms with Gasteiger partial charge in [-0.05, 0) is 43.5 Å². The van der Waals surface area contributed by atoms with Crippen LogP contribution in [-0.4, -0.2) is 25.7 Å². The van der Waals surface area contributed by atoms with Crippen LogP contribution in [0, 0.1) is 0 Å². The molecular formula is C16H22O5. The van der Waals surface area contributed by atoms with Crippen molar-refractivity contribution in [2.45, 2.75) is 39.0 Å². The molecule has 0 atom stereocenters. The number of rotatable bonds is 9. The normalized spacial score (nSPS) is 10.0. The van der Waals surface area contributed by atoms with E-state index in [4.69, 9.17) is 14.2 Å². The van der Waals surface area contributed by atoms with Crippen LogP contribution in [0.2, 0.25) is 0 Å². The number of benzene rings is 1. The van der Waals surface area contributed by atoms with Crippen LogP contribution in [0.15, 0.2) is 24.3 Å². The zero-order valence-electron chi connectivity index (χ0n) is 12.6. The van der Waals surface area contributed by atoms with Crippen molar-refractivity contribution in [1.82, 2.24) is 0 Å². The molecule has 0 N–H and O–H groups in total. The maximum absolute atomic E-state index is 11.6. The summed E-state index contributed by atoms with van der Waals surface area (Å²) in [4.78, 5) is 22.9. The molecule has 0 aliphatic carbocycles. The summed E-state index contributed by atoms with van der Waals surface area (Å²) < 4.78 is 15.1. The van der Waals surface area contributed by atoms with Crippen molar-refractivity contribution in [3.63, 3.8) is 0 Å². The van der Waals surface area contributed by atoms with Gasteiger partial charge in [0.05, 0.1) is 13.7 Å². The summed E-state index contributed by atoms with van der Waals surface area (Å²) in [7, 11) is 1.58. The van der Waals surface area contributed by atoms with Crippen LogP contribution < -0.4 is 9.47 Å². The van der Waals surface area contributed by atoms with E-state index in [-0.39, 0.29) is 18.4 Å². The number of hydrogen-bond acceptors (Lipinski definition) is 5. The fourth-order valence-corrected chi connectivity index (χ4v) is 1.65. The first kappa shape index (κ1) is 17.0. The molecule has 0 bridgehead atoms. The van der Waals surface area contributed by atoms with Gasteiger partial charge in [-0.15, -0.1) is 0 Å². The van der Waals surface area contributed by atoms with Crippen molar-refractivity contribution < 1.29 is 23.8 Å². The zero-order valence-corrected chi connectivity index (χ0v) is 12.6. The summed E-state index contributed by atoms with van der Waals surface area (Å²) in [6.45, 7) is 2.40. The third kappa shape index (κ3) is 7.34. The molecule has 0 unspecified atom stereocenters. The van der Waals surface area contributed by atoms with Crippen LogP contribution in [0.4, 0.5) is 0 Å². The molecule has 1 aromatic carbocycles. The number of methoxy groups -OCH3 is 1. The molecule has 0 saturated carbocycles. The second-order valence-corrected chi connectivity index (χ2v) is 4.58. The third-order valence-electron chi connectivity index (χ3n) is 2.77. The summed E-state index contributed by atoms with van der Waals surface area (Å²) in [5.74, 6) is 0.686. The van der Waals surface area contributed by atoms with Gasteiger partial charge in [0, 0.05) is 12.8 Å². The lowest BCUT2D eigenvalue weighted by Gasteiger charge is -2.05. The number of hydrogen-bond donors (Lipinski definition) is 0. The lowest BCUT2D eigenvalue weighted by molar-refractivity contribution is -0.144. The summed E-state index contributed by atoms with van der Waals surface area (Å²) in [6.07, 6.45) is 2.68. The molecule has 0 saturated heterocycles. The fraction of sp³-hybridized carbons (Fsp3) is 0.500. The minimum absolute atomic E-state index is 0.208. The number of esters is 2. The molecule has 0 spiro atoms. The Hall–Kier alpha value is -2.04. The first-order chi connectivity index (χ1) is 10.2. The van der Waals surface area contributed by atoms with E-state index in [9.17, 15) is 9.59 Å². The van der Waals surface area contributed by atoms with Gasteiger partial charge >= 0.3 is 11.9 Å². The van der Waals surface area contributed by atoms with Crippen molar-refractivity contribution >= 4 is 11.9 Å². The molecule has 0 heterocycles. The Bertz CT molecular complexity index is 438. The van der Waals surface area contributed by atoms with E-state index >= 15 is 0 Å². The number of ether oxygens (including phenoxy) is 3. The maximum atomic E-state index is 11.6. The Kier molecular flexibility index (Phi) is 7.94. The van der Waals surface area contributed by atoms with Crippen molar-refractivity contribution in [3.8, 4) is 11.5 Å². The lowest BCUT2D eigenvalue weighted by Crippen LogP contribution is -2.09. The maximum Gasteiger partial charge on any atom is 0.311 e. The van der Waals surface area contributed by atoms with E-state index in [1.807, 2.05) is 6.92 Å². The monoisotopic (exact) mass is 294 g/mol. The van der Waals surface area contributed by atoms with Gasteiger partial charge in [-0.25, -0.2) is 0 Å². The predicted octanol–water partition coefficient (Wildman–Crippen LogP) is 3.11. The quantitative estimate of drug-likeness (QED) is 0.398. The molecule has 0 fully saturated rings. The second-order valence-electron chi connectivity index (χ2n) is 4.58. The third-order valence-corrected chi connectivity index (χ3v) is 2.77. The SMILES string of the molecule is CCCOC(=O)CCCCC(=O)Oc1ccc(OC)cc1. The molecule has 0 aliphatic heterocycles. The zero-order chi connectivity index (χ0) is 15.5. The molecule has 21 heavy (non-hydrogen) atoms. The minimum atomic E-state index is -0.304. The number of carbonyl (C=O) groups is 2. The van der Waals surface area contributed by atoms with E-state index in [0.717, 1.165) is 6.42 Å². The molecule has 0 aliphatic rings. The molecule has 0 amide bonds. The highest BCUT2D eigenvalue weighted by Gasteiger charge is 2.07. The molecule has 1 rings (SSSR count). The minimum Gasteiger partial charge on any atom is -0.497 e. The molecule has 1 aromatic rings. The highest BCUT2D eigenvalue weighted by Crippen LogP contribution is 2.17. The Morgan fingerprint density at radius 1 is 0.952 bits per heavy atom. The van der Waals surface area contributed by atoms with E-state index in [2.05, 4.69) is 0 Å². The number of unbranched alkanes of at least 4 members (excludes halogenated alkanes) is 1. The topological polar surface area (TPSA) is 61.8 Å². The lowest BCUT2D eigenvalue weighted by atomic mass is 10.2. The average molecular weight is 294 g/mol. The standard InChI is InChI=1S/C16H22O5/c1-3-12-20-15(17)6-4-5-7-16(18)21-14-10-8-13(19-2)9-11-14/h8-11H,3-7,12H2,1-2H3. The smallest absolute Gasteiger partial charge is 0.311 e. The predicted molar refractivity (Wildman–Crippen MR) is 78.3 cm³/mol. The van der Waals surface area contributed by atoms with Gasteiger partial charge in [-0.3, -0.25) is 9.59 Å². The first-order valence-electron chi connectivity index (χ1n) is 7.16. The molecule has 116 valence electrons. The van der Waals surface area contributed by atoms with Crippen LogP contribution in [0.25, 0.3) is 0 Å². The van der Waals surface area contributed by atoms with Crippen molar-refractivity contribution in [2.75, 3.05) is 13.7 Å². The van der Waals surface area contributed by atoms with E-state index in [1.54, 1.807) is 31.4 Å². The molecule has 0 radical (unpaired) electrons. The van der Waals surface area contributed by atoms with Gasteiger partial charge in [0.2, 0.25) is 0 Å². The van der Waals surface area contributed by atoms with E-state index < -0.39 is 0 Å². The van der Waals surface area contributed by atoms with Gasteiger partial charge in [0.15, 0.2) is 0 Å². The average Bonchev–Trinajstić information content (AvgIpc) is 2.50. The van der Waals surface area contributed by atoms with Crippen LogP contribution in [0.5, 0.6) is 11.5 Å². The van der Waals surface area contributed by atoms with Crippen LogP contribution in [0.3, 0.4) is 0 Å². The van der Waals surface area contributed by atoms with Gasteiger partial charge in [0.1, 0.15) is 11.5 Å². The molecule has 0 aromatic heterocycles. The first-order valence-corrected chi connectivity index (χ1v) is 7.16. The second kappa shape index (κ2) is 9.80. The van der Waals surface area contributed by atoms with Gasteiger partial charge in [-0.2, -0.15) is 0 Å². The van der Waals surface area contributed by atoms with Crippen molar-refractivity contribution in [3.05, 3.63) is 24.3 Å². The van der Waals surface area contributed by atoms with Gasteiger partial charge < -0.3 is 14.2 Å². The van der Waals surface area contributed by atoms with Crippen LogP contribution in [-0.2, 0) is 14.3 Å². The molecule has 5 nitrogen and oxygen atoms in total. The Morgan fingerprint density at radius 3 is 2.10 bits per heavy atom. The van der Waals surface area contributed by atoms with Gasteiger partial charge in [-0.1, -0.05) is 6.92 Å². The fourth-order valence-electron chi connectivity index (χ4n) is 1.65. The molecular weight excluding hydrogens is 272 g/mol. The number of carbonyl (C=O) groups excluding carboxylic acids is 2. The Balaban J connectivity index is 2.17. The summed E-state index contributed by atoms with van der Waals surface area (Å²) in [5.41, 5.74) is 0. The van der Waals surface area contributed by atoms with Gasteiger partial charge in [0.25, 0.3) is 0 Å². The summed E-state index contributed by atoms with van der Waals surface area (Å²) in [6, 6.07) is 6.82.